The lowest BCUT2D eigenvalue weighted by Crippen LogP contribution is -2.16. The molecule has 3 rings (SSSR count). The standard InChI is InChI=1S/C19H20N2O2/c1-2-7-16(8-3-1)18-11-10-17(23-18)15-20-12-6-14-22-19-9-4-5-13-21-19/h1-5,7-11,13,20H,6,12,14-15H2. The van der Waals surface area contributed by atoms with Crippen LogP contribution in [-0.2, 0) is 6.54 Å². The third-order valence-electron chi connectivity index (χ3n) is 3.40. The number of nitrogens with one attached hydrogen (secondary N) is 1. The number of hydrogen-bond donors (Lipinski definition) is 1. The highest BCUT2D eigenvalue weighted by molar-refractivity contribution is 5.57. The molecular weight excluding hydrogens is 288 g/mol. The summed E-state index contributed by atoms with van der Waals surface area (Å²) in [6, 6.07) is 19.8. The molecule has 1 aromatic carbocycles. The van der Waals surface area contributed by atoms with Crippen molar-refractivity contribution >= 4 is 0 Å². The molecule has 0 saturated heterocycles. The molecule has 3 aromatic rings. The summed E-state index contributed by atoms with van der Waals surface area (Å²) in [5.41, 5.74) is 1.10. The van der Waals surface area contributed by atoms with Crippen molar-refractivity contribution in [2.24, 2.45) is 0 Å². The monoisotopic (exact) mass is 308 g/mol. The van der Waals surface area contributed by atoms with Crippen molar-refractivity contribution in [2.75, 3.05) is 13.2 Å². The Morgan fingerprint density at radius 2 is 1.83 bits per heavy atom. The van der Waals surface area contributed by atoms with Gasteiger partial charge in [0.05, 0.1) is 13.2 Å². The molecule has 0 aliphatic heterocycles. The molecule has 0 atom stereocenters. The lowest BCUT2D eigenvalue weighted by Gasteiger charge is -2.05. The van der Waals surface area contributed by atoms with Gasteiger partial charge in [-0.2, -0.15) is 0 Å². The minimum atomic E-state index is 0.650. The molecule has 2 aromatic heterocycles. The summed E-state index contributed by atoms with van der Waals surface area (Å²) in [4.78, 5) is 4.12. The lowest BCUT2D eigenvalue weighted by molar-refractivity contribution is 0.296. The third kappa shape index (κ3) is 4.69. The Balaban J connectivity index is 1.36. The minimum absolute atomic E-state index is 0.650. The van der Waals surface area contributed by atoms with Crippen molar-refractivity contribution in [2.45, 2.75) is 13.0 Å². The molecule has 0 unspecified atom stereocenters. The Bertz CT molecular complexity index is 696. The van der Waals surface area contributed by atoms with Crippen LogP contribution in [0.5, 0.6) is 5.88 Å². The Morgan fingerprint density at radius 3 is 2.65 bits per heavy atom. The first kappa shape index (κ1) is 15.3. The maximum Gasteiger partial charge on any atom is 0.213 e. The van der Waals surface area contributed by atoms with Gasteiger partial charge in [0, 0.05) is 17.8 Å². The number of hydrogen-bond acceptors (Lipinski definition) is 4. The maximum absolute atomic E-state index is 5.84. The first-order valence-electron chi connectivity index (χ1n) is 7.80. The summed E-state index contributed by atoms with van der Waals surface area (Å²) in [6.45, 7) is 2.24. The number of ether oxygens (including phenoxy) is 1. The summed E-state index contributed by atoms with van der Waals surface area (Å²) in [5, 5.41) is 3.36. The van der Waals surface area contributed by atoms with E-state index in [9.17, 15) is 0 Å². The van der Waals surface area contributed by atoms with Crippen LogP contribution in [0.1, 0.15) is 12.2 Å². The molecule has 0 amide bonds. The molecule has 0 fully saturated rings. The molecule has 4 heteroatoms. The van der Waals surface area contributed by atoms with Gasteiger partial charge in [0.15, 0.2) is 0 Å². The molecule has 4 nitrogen and oxygen atoms in total. The van der Waals surface area contributed by atoms with Crippen LogP contribution < -0.4 is 10.1 Å². The summed E-state index contributed by atoms with van der Waals surface area (Å²) in [6.07, 6.45) is 2.65. The average molecular weight is 308 g/mol. The molecule has 0 radical (unpaired) electrons. The fraction of sp³-hybridized carbons (Fsp3) is 0.211. The second-order valence-corrected chi connectivity index (χ2v) is 5.18. The number of rotatable bonds is 8. The Morgan fingerprint density at radius 1 is 0.957 bits per heavy atom. The smallest absolute Gasteiger partial charge is 0.213 e. The van der Waals surface area contributed by atoms with Gasteiger partial charge in [0.1, 0.15) is 11.5 Å². The first-order chi connectivity index (χ1) is 11.4. The van der Waals surface area contributed by atoms with E-state index in [1.807, 2.05) is 60.7 Å². The maximum atomic E-state index is 5.84. The summed E-state index contributed by atoms with van der Waals surface area (Å²) in [7, 11) is 0. The van der Waals surface area contributed by atoms with Gasteiger partial charge in [-0.25, -0.2) is 4.98 Å². The van der Waals surface area contributed by atoms with Crippen molar-refractivity contribution in [3.05, 3.63) is 72.6 Å². The number of nitrogens with zero attached hydrogens (tertiary/aromatic N) is 1. The van der Waals surface area contributed by atoms with E-state index in [1.165, 1.54) is 0 Å². The number of aromatic nitrogens is 1. The lowest BCUT2D eigenvalue weighted by atomic mass is 10.2. The summed E-state index contributed by atoms with van der Waals surface area (Å²) < 4.78 is 11.4. The SMILES string of the molecule is c1ccc(-c2ccc(CNCCCOc3ccccn3)o2)cc1. The second-order valence-electron chi connectivity index (χ2n) is 5.18. The topological polar surface area (TPSA) is 47.3 Å². The highest BCUT2D eigenvalue weighted by Gasteiger charge is 2.03. The third-order valence-corrected chi connectivity index (χ3v) is 3.40. The molecule has 0 saturated carbocycles. The van der Waals surface area contributed by atoms with Crippen LogP contribution in [0, 0.1) is 0 Å². The van der Waals surface area contributed by atoms with Crippen LogP contribution in [-0.4, -0.2) is 18.1 Å². The van der Waals surface area contributed by atoms with Crippen LogP contribution >= 0.6 is 0 Å². The van der Waals surface area contributed by atoms with E-state index in [0.717, 1.165) is 36.6 Å². The average Bonchev–Trinajstić information content (AvgIpc) is 3.09. The van der Waals surface area contributed by atoms with Gasteiger partial charge in [-0.1, -0.05) is 36.4 Å². The molecule has 2 heterocycles. The van der Waals surface area contributed by atoms with Crippen molar-refractivity contribution in [3.63, 3.8) is 0 Å². The van der Waals surface area contributed by atoms with E-state index < -0.39 is 0 Å². The van der Waals surface area contributed by atoms with Gasteiger partial charge in [0.2, 0.25) is 5.88 Å². The van der Waals surface area contributed by atoms with Crippen molar-refractivity contribution in [1.29, 1.82) is 0 Å². The van der Waals surface area contributed by atoms with Gasteiger partial charge < -0.3 is 14.5 Å². The van der Waals surface area contributed by atoms with E-state index >= 15 is 0 Å². The van der Waals surface area contributed by atoms with Crippen LogP contribution in [0.3, 0.4) is 0 Å². The zero-order valence-corrected chi connectivity index (χ0v) is 12.9. The summed E-state index contributed by atoms with van der Waals surface area (Å²) in [5.74, 6) is 2.52. The molecule has 1 N–H and O–H groups in total. The summed E-state index contributed by atoms with van der Waals surface area (Å²) >= 11 is 0. The van der Waals surface area contributed by atoms with Crippen LogP contribution in [0.15, 0.2) is 71.3 Å². The first-order valence-corrected chi connectivity index (χ1v) is 7.80. The van der Waals surface area contributed by atoms with Gasteiger partial charge in [-0.3, -0.25) is 0 Å². The molecule has 0 aliphatic carbocycles. The molecule has 0 bridgehead atoms. The predicted molar refractivity (Wildman–Crippen MR) is 90.2 cm³/mol. The Labute approximate surface area is 136 Å². The van der Waals surface area contributed by atoms with E-state index in [1.54, 1.807) is 6.20 Å². The highest BCUT2D eigenvalue weighted by atomic mass is 16.5. The van der Waals surface area contributed by atoms with Crippen LogP contribution in [0.25, 0.3) is 11.3 Å². The Hall–Kier alpha value is -2.59. The zero-order valence-electron chi connectivity index (χ0n) is 12.9. The van der Waals surface area contributed by atoms with Gasteiger partial charge in [0.25, 0.3) is 0 Å². The number of benzene rings is 1. The molecule has 118 valence electrons. The second kappa shape index (κ2) is 8.15. The van der Waals surface area contributed by atoms with Crippen molar-refractivity contribution in [3.8, 4) is 17.2 Å². The van der Waals surface area contributed by atoms with E-state index in [-0.39, 0.29) is 0 Å². The van der Waals surface area contributed by atoms with Gasteiger partial charge in [-0.05, 0) is 31.2 Å². The Kier molecular flexibility index (Phi) is 5.43. The number of furan rings is 1. The fourth-order valence-electron chi connectivity index (χ4n) is 2.25. The van der Waals surface area contributed by atoms with E-state index in [0.29, 0.717) is 12.5 Å². The van der Waals surface area contributed by atoms with E-state index in [2.05, 4.69) is 10.3 Å². The zero-order chi connectivity index (χ0) is 15.7. The van der Waals surface area contributed by atoms with Gasteiger partial charge in [-0.15, -0.1) is 0 Å². The number of pyridine rings is 1. The van der Waals surface area contributed by atoms with E-state index in [4.69, 9.17) is 9.15 Å². The molecule has 0 aliphatic rings. The highest BCUT2D eigenvalue weighted by Crippen LogP contribution is 2.21. The van der Waals surface area contributed by atoms with Gasteiger partial charge >= 0.3 is 0 Å². The van der Waals surface area contributed by atoms with Crippen molar-refractivity contribution in [1.82, 2.24) is 10.3 Å². The van der Waals surface area contributed by atoms with Crippen LogP contribution in [0.2, 0.25) is 0 Å². The molecule has 0 spiro atoms. The van der Waals surface area contributed by atoms with Crippen LogP contribution in [0.4, 0.5) is 0 Å². The fourth-order valence-corrected chi connectivity index (χ4v) is 2.25. The molecular formula is C19H20N2O2. The van der Waals surface area contributed by atoms with Crippen molar-refractivity contribution < 1.29 is 9.15 Å². The predicted octanol–water partition coefficient (Wildman–Crippen LogP) is 3.90. The molecule has 23 heavy (non-hydrogen) atoms. The normalized spacial score (nSPS) is 10.6. The largest absolute Gasteiger partial charge is 0.478 e. The minimum Gasteiger partial charge on any atom is -0.478 e. The quantitative estimate of drug-likeness (QED) is 0.641.